The number of ether oxygens (including phenoxy) is 1. The van der Waals surface area contributed by atoms with E-state index in [1.807, 2.05) is 29.8 Å². The number of nitrogens with zero attached hydrogens (tertiary/aromatic N) is 1. The topological polar surface area (TPSA) is 34.1 Å². The van der Waals surface area contributed by atoms with Gasteiger partial charge in [-0.2, -0.15) is 0 Å². The van der Waals surface area contributed by atoms with Crippen LogP contribution in [0.2, 0.25) is 0 Å². The van der Waals surface area contributed by atoms with Gasteiger partial charge in [-0.25, -0.2) is 4.98 Å². The van der Waals surface area contributed by atoms with Gasteiger partial charge < -0.3 is 10.1 Å². The highest BCUT2D eigenvalue weighted by Gasteiger charge is 2.15. The van der Waals surface area contributed by atoms with E-state index in [2.05, 4.69) is 39.8 Å². The number of hydrogen-bond donors (Lipinski definition) is 1. The summed E-state index contributed by atoms with van der Waals surface area (Å²) in [6.07, 6.45) is 8.04. The van der Waals surface area contributed by atoms with Crippen LogP contribution in [0.5, 0.6) is 5.75 Å². The van der Waals surface area contributed by atoms with Gasteiger partial charge in [0.25, 0.3) is 0 Å². The monoisotopic (exact) mass is 354 g/mol. The fourth-order valence-corrected chi connectivity index (χ4v) is 3.86. The Bertz CT molecular complexity index is 776. The van der Waals surface area contributed by atoms with Gasteiger partial charge in [0, 0.05) is 29.4 Å². The normalized spacial score (nSPS) is 11.8. The highest BCUT2D eigenvalue weighted by atomic mass is 32.1. The Morgan fingerprint density at radius 2 is 2.17 bits per heavy atom. The van der Waals surface area contributed by atoms with Gasteiger partial charge in [0.1, 0.15) is 17.4 Å². The zero-order valence-electron chi connectivity index (χ0n) is 13.1. The lowest BCUT2D eigenvalue weighted by molar-refractivity contribution is 0.369. The first kappa shape index (κ1) is 16.7. The van der Waals surface area contributed by atoms with E-state index in [4.69, 9.17) is 11.2 Å². The molecule has 0 unspecified atom stereocenters. The van der Waals surface area contributed by atoms with Crippen molar-refractivity contribution in [3.63, 3.8) is 0 Å². The molecule has 1 atom stereocenters. The molecular formula is C19H18N2OS2. The third-order valence-corrected chi connectivity index (χ3v) is 5.30. The van der Waals surface area contributed by atoms with Gasteiger partial charge in [-0.05, 0) is 29.1 Å². The predicted molar refractivity (Wildman–Crippen MR) is 100 cm³/mol. The minimum absolute atomic E-state index is 0.207. The van der Waals surface area contributed by atoms with E-state index in [0.29, 0.717) is 0 Å². The molecule has 0 aliphatic heterocycles. The van der Waals surface area contributed by atoms with E-state index < -0.39 is 0 Å². The molecule has 0 spiro atoms. The van der Waals surface area contributed by atoms with Crippen LogP contribution in [0.3, 0.4) is 0 Å². The highest BCUT2D eigenvalue weighted by Crippen LogP contribution is 2.24. The molecule has 1 aromatic carbocycles. The van der Waals surface area contributed by atoms with Gasteiger partial charge in [-0.1, -0.05) is 24.1 Å². The zero-order chi connectivity index (χ0) is 16.6. The number of hydrogen-bond acceptors (Lipinski definition) is 5. The molecule has 0 aliphatic rings. The predicted octanol–water partition coefficient (Wildman–Crippen LogP) is 4.29. The maximum atomic E-state index is 5.49. The lowest BCUT2D eigenvalue weighted by Crippen LogP contribution is -2.22. The molecule has 2 aromatic heterocycles. The Morgan fingerprint density at radius 3 is 2.92 bits per heavy atom. The van der Waals surface area contributed by atoms with Crippen LogP contribution in [0.15, 0.2) is 53.4 Å². The molecule has 0 fully saturated rings. The van der Waals surface area contributed by atoms with Crippen LogP contribution in [0.25, 0.3) is 0 Å². The second kappa shape index (κ2) is 8.65. The molecule has 122 valence electrons. The standard InChI is InChI=1S/C19H18N2OS2/c1-2-9-22-16-6-3-5-15(12-16)14-21-18(19-20-8-11-24-19)13-17-7-4-10-23-17/h1,3-8,10-12,18,21H,9,13-14H2/t18-/m1/s1. The van der Waals surface area contributed by atoms with Crippen LogP contribution < -0.4 is 10.1 Å². The first-order valence-corrected chi connectivity index (χ1v) is 9.41. The van der Waals surface area contributed by atoms with Crippen LogP contribution in [-0.2, 0) is 13.0 Å². The molecule has 0 saturated heterocycles. The van der Waals surface area contributed by atoms with Crippen molar-refractivity contribution in [2.45, 2.75) is 19.0 Å². The van der Waals surface area contributed by atoms with Crippen LogP contribution in [0.1, 0.15) is 21.5 Å². The first-order valence-electron chi connectivity index (χ1n) is 7.65. The van der Waals surface area contributed by atoms with Crippen molar-refractivity contribution in [2.24, 2.45) is 0 Å². The van der Waals surface area contributed by atoms with Crippen molar-refractivity contribution in [1.82, 2.24) is 10.3 Å². The molecule has 5 heteroatoms. The highest BCUT2D eigenvalue weighted by molar-refractivity contribution is 7.10. The average Bonchev–Trinajstić information content (AvgIpc) is 3.30. The van der Waals surface area contributed by atoms with Gasteiger partial charge in [-0.3, -0.25) is 0 Å². The fraction of sp³-hybridized carbons (Fsp3) is 0.211. The van der Waals surface area contributed by atoms with E-state index in [1.165, 1.54) is 4.88 Å². The summed E-state index contributed by atoms with van der Waals surface area (Å²) in [4.78, 5) is 5.84. The van der Waals surface area contributed by atoms with Crippen molar-refractivity contribution in [1.29, 1.82) is 0 Å². The Labute approximate surface area is 150 Å². The SMILES string of the molecule is C#CCOc1cccc(CN[C@H](Cc2cccs2)c2nccs2)c1. The Hall–Kier alpha value is -2.13. The molecule has 0 saturated carbocycles. The molecule has 0 radical (unpaired) electrons. The van der Waals surface area contributed by atoms with Crippen LogP contribution in [0.4, 0.5) is 0 Å². The Kier molecular flexibility index (Phi) is 6.02. The minimum atomic E-state index is 0.207. The largest absolute Gasteiger partial charge is 0.481 e. The number of thiazole rings is 1. The van der Waals surface area contributed by atoms with Crippen LogP contribution in [0, 0.1) is 12.3 Å². The van der Waals surface area contributed by atoms with Gasteiger partial charge >= 0.3 is 0 Å². The fourth-order valence-electron chi connectivity index (χ4n) is 2.39. The van der Waals surface area contributed by atoms with Gasteiger partial charge in [-0.15, -0.1) is 29.1 Å². The summed E-state index contributed by atoms with van der Waals surface area (Å²) < 4.78 is 5.49. The summed E-state index contributed by atoms with van der Waals surface area (Å²) in [6, 6.07) is 12.5. The Balaban J connectivity index is 1.66. The van der Waals surface area contributed by atoms with E-state index in [0.717, 1.165) is 29.3 Å². The molecule has 3 rings (SSSR count). The van der Waals surface area contributed by atoms with Crippen molar-refractivity contribution >= 4 is 22.7 Å². The molecule has 1 N–H and O–H groups in total. The van der Waals surface area contributed by atoms with Crippen molar-refractivity contribution < 1.29 is 4.74 Å². The van der Waals surface area contributed by atoms with Gasteiger partial charge in [0.15, 0.2) is 0 Å². The molecule has 0 aliphatic carbocycles. The summed E-state index contributed by atoms with van der Waals surface area (Å²) in [5.41, 5.74) is 1.16. The summed E-state index contributed by atoms with van der Waals surface area (Å²) >= 11 is 3.47. The number of aromatic nitrogens is 1. The minimum Gasteiger partial charge on any atom is -0.481 e. The lowest BCUT2D eigenvalue weighted by atomic mass is 10.1. The van der Waals surface area contributed by atoms with E-state index >= 15 is 0 Å². The molecule has 0 amide bonds. The van der Waals surface area contributed by atoms with Gasteiger partial charge in [0.05, 0.1) is 6.04 Å². The summed E-state index contributed by atoms with van der Waals surface area (Å²) in [5.74, 6) is 3.29. The van der Waals surface area contributed by atoms with E-state index in [9.17, 15) is 0 Å². The van der Waals surface area contributed by atoms with Crippen molar-refractivity contribution in [3.05, 3.63) is 68.8 Å². The summed E-state index contributed by atoms with van der Waals surface area (Å²) in [5, 5.41) is 8.86. The maximum Gasteiger partial charge on any atom is 0.148 e. The summed E-state index contributed by atoms with van der Waals surface area (Å²) in [6.45, 7) is 1.04. The second-order valence-corrected chi connectivity index (χ2v) is 7.19. The van der Waals surface area contributed by atoms with Crippen LogP contribution in [-0.4, -0.2) is 11.6 Å². The number of thiophene rings is 1. The van der Waals surface area contributed by atoms with E-state index in [1.54, 1.807) is 22.7 Å². The summed E-state index contributed by atoms with van der Waals surface area (Å²) in [7, 11) is 0. The van der Waals surface area contributed by atoms with Gasteiger partial charge in [0.2, 0.25) is 0 Å². The first-order chi connectivity index (χ1) is 11.8. The van der Waals surface area contributed by atoms with Crippen molar-refractivity contribution in [2.75, 3.05) is 6.61 Å². The quantitative estimate of drug-likeness (QED) is 0.613. The molecule has 3 aromatic rings. The Morgan fingerprint density at radius 1 is 1.21 bits per heavy atom. The molecular weight excluding hydrogens is 336 g/mol. The zero-order valence-corrected chi connectivity index (χ0v) is 14.8. The third kappa shape index (κ3) is 4.68. The third-order valence-electron chi connectivity index (χ3n) is 3.51. The average molecular weight is 354 g/mol. The molecule has 3 nitrogen and oxygen atoms in total. The van der Waals surface area contributed by atoms with Crippen molar-refractivity contribution in [3.8, 4) is 18.1 Å². The van der Waals surface area contributed by atoms with E-state index in [-0.39, 0.29) is 12.6 Å². The molecule has 0 bridgehead atoms. The number of terminal acetylenes is 1. The number of nitrogens with one attached hydrogen (secondary N) is 1. The number of benzene rings is 1. The molecule has 24 heavy (non-hydrogen) atoms. The molecule has 2 heterocycles. The van der Waals surface area contributed by atoms with Crippen LogP contribution >= 0.6 is 22.7 Å². The lowest BCUT2D eigenvalue weighted by Gasteiger charge is -2.16. The second-order valence-electron chi connectivity index (χ2n) is 5.23. The maximum absolute atomic E-state index is 5.49. The smallest absolute Gasteiger partial charge is 0.148 e. The number of rotatable bonds is 8.